The summed E-state index contributed by atoms with van der Waals surface area (Å²) in [6, 6.07) is 14.2. The topological polar surface area (TPSA) is 67.9 Å². The Hall–Kier alpha value is -2.29. The minimum atomic E-state index is -0.642. The van der Waals surface area contributed by atoms with Gasteiger partial charge in [-0.1, -0.05) is 12.1 Å². The summed E-state index contributed by atoms with van der Waals surface area (Å²) >= 11 is 2.21. The number of amides is 2. The molecule has 0 aliphatic carbocycles. The molecule has 1 atom stereocenters. The van der Waals surface area contributed by atoms with Gasteiger partial charge in [-0.15, -0.1) is 0 Å². The van der Waals surface area contributed by atoms with Crippen LogP contribution in [0.25, 0.3) is 0 Å². The third-order valence-corrected chi connectivity index (χ3v) is 4.98. The first kappa shape index (κ1) is 23.0. The number of ether oxygens (including phenoxy) is 2. The number of methoxy groups -OCH3 is 1. The van der Waals surface area contributed by atoms with Gasteiger partial charge in [-0.3, -0.25) is 9.59 Å². The Kier molecular flexibility index (Phi) is 8.75. The molecule has 29 heavy (non-hydrogen) atoms. The van der Waals surface area contributed by atoms with Gasteiger partial charge in [0.05, 0.1) is 7.11 Å². The first-order chi connectivity index (χ1) is 13.8. The van der Waals surface area contributed by atoms with Crippen LogP contribution in [0.4, 0.5) is 0 Å². The van der Waals surface area contributed by atoms with Crippen LogP contribution in [0.3, 0.4) is 0 Å². The van der Waals surface area contributed by atoms with Gasteiger partial charge in [-0.2, -0.15) is 0 Å². The molecule has 0 saturated heterocycles. The maximum absolute atomic E-state index is 13.0. The zero-order valence-electron chi connectivity index (χ0n) is 17.1. The van der Waals surface area contributed by atoms with Gasteiger partial charge in [0, 0.05) is 16.2 Å². The van der Waals surface area contributed by atoms with Crippen LogP contribution in [-0.2, 0) is 16.1 Å². The van der Waals surface area contributed by atoms with Crippen molar-refractivity contribution in [3.8, 4) is 11.5 Å². The van der Waals surface area contributed by atoms with Gasteiger partial charge in [0.15, 0.2) is 6.61 Å². The molecule has 0 spiro atoms. The van der Waals surface area contributed by atoms with E-state index >= 15 is 0 Å². The summed E-state index contributed by atoms with van der Waals surface area (Å²) in [6.45, 7) is 5.63. The number of nitrogens with one attached hydrogen (secondary N) is 1. The maximum Gasteiger partial charge on any atom is 0.261 e. The molecule has 1 N–H and O–H groups in total. The lowest BCUT2D eigenvalue weighted by Crippen LogP contribution is -2.50. The second-order valence-electron chi connectivity index (χ2n) is 6.96. The number of carbonyl (C=O) groups excluding carboxylic acids is 2. The first-order valence-electron chi connectivity index (χ1n) is 9.41. The van der Waals surface area contributed by atoms with E-state index in [0.717, 1.165) is 9.13 Å². The van der Waals surface area contributed by atoms with Crippen molar-refractivity contribution >= 4 is 34.4 Å². The number of carbonyl (C=O) groups is 2. The van der Waals surface area contributed by atoms with E-state index in [1.807, 2.05) is 62.4 Å². The number of halogens is 1. The van der Waals surface area contributed by atoms with Gasteiger partial charge in [0.1, 0.15) is 17.5 Å². The molecule has 156 valence electrons. The van der Waals surface area contributed by atoms with Gasteiger partial charge in [0.2, 0.25) is 5.91 Å². The lowest BCUT2D eigenvalue weighted by molar-refractivity contribution is -0.142. The van der Waals surface area contributed by atoms with E-state index in [1.165, 1.54) is 4.90 Å². The average molecular weight is 510 g/mol. The van der Waals surface area contributed by atoms with Crippen LogP contribution in [0.15, 0.2) is 48.5 Å². The molecule has 2 aromatic rings. The van der Waals surface area contributed by atoms with Crippen LogP contribution in [-0.4, -0.2) is 42.5 Å². The standard InChI is InChI=1S/C22H27IN2O4/c1-15(2)24-22(27)16(3)25(13-17-6-5-7-20(12-17)28-4)21(26)14-29-19-10-8-18(23)9-11-19/h5-12,15-16H,13-14H2,1-4H3,(H,24,27). The second-order valence-corrected chi connectivity index (χ2v) is 8.20. The molecule has 0 fully saturated rings. The van der Waals surface area contributed by atoms with Crippen LogP contribution in [0, 0.1) is 3.57 Å². The fourth-order valence-corrected chi connectivity index (χ4v) is 3.07. The van der Waals surface area contributed by atoms with Gasteiger partial charge >= 0.3 is 0 Å². The van der Waals surface area contributed by atoms with E-state index in [4.69, 9.17) is 9.47 Å². The smallest absolute Gasteiger partial charge is 0.261 e. The van der Waals surface area contributed by atoms with Crippen molar-refractivity contribution in [1.29, 1.82) is 0 Å². The van der Waals surface area contributed by atoms with Crippen LogP contribution in [0.2, 0.25) is 0 Å². The predicted octanol–water partition coefficient (Wildman–Crippen LogP) is 3.62. The van der Waals surface area contributed by atoms with E-state index in [0.29, 0.717) is 11.5 Å². The summed E-state index contributed by atoms with van der Waals surface area (Å²) in [5, 5.41) is 2.87. The van der Waals surface area contributed by atoms with Gasteiger partial charge in [0.25, 0.3) is 5.91 Å². The van der Waals surface area contributed by atoms with Gasteiger partial charge in [-0.05, 0) is 85.3 Å². The van der Waals surface area contributed by atoms with Gasteiger partial charge < -0.3 is 19.7 Å². The summed E-state index contributed by atoms with van der Waals surface area (Å²) in [7, 11) is 1.59. The van der Waals surface area contributed by atoms with Crippen molar-refractivity contribution in [3.05, 3.63) is 57.7 Å². The fourth-order valence-electron chi connectivity index (χ4n) is 2.71. The highest BCUT2D eigenvalue weighted by Crippen LogP contribution is 2.17. The molecular weight excluding hydrogens is 483 g/mol. The minimum absolute atomic E-state index is 0.0123. The maximum atomic E-state index is 13.0. The number of hydrogen-bond donors (Lipinski definition) is 1. The molecule has 0 bridgehead atoms. The zero-order valence-corrected chi connectivity index (χ0v) is 19.3. The van der Waals surface area contributed by atoms with Crippen LogP contribution in [0.5, 0.6) is 11.5 Å². The molecule has 2 amide bonds. The van der Waals surface area contributed by atoms with Crippen molar-refractivity contribution in [3.63, 3.8) is 0 Å². The lowest BCUT2D eigenvalue weighted by Gasteiger charge is -2.29. The Morgan fingerprint density at radius 1 is 1.07 bits per heavy atom. The van der Waals surface area contributed by atoms with E-state index < -0.39 is 6.04 Å². The summed E-state index contributed by atoms with van der Waals surface area (Å²) in [4.78, 5) is 27.0. The molecule has 0 saturated carbocycles. The highest BCUT2D eigenvalue weighted by molar-refractivity contribution is 14.1. The minimum Gasteiger partial charge on any atom is -0.497 e. The Balaban J connectivity index is 2.16. The van der Waals surface area contributed by atoms with E-state index in [2.05, 4.69) is 27.9 Å². The molecule has 0 radical (unpaired) electrons. The summed E-state index contributed by atoms with van der Waals surface area (Å²) in [6.07, 6.45) is 0. The number of rotatable bonds is 9. The summed E-state index contributed by atoms with van der Waals surface area (Å²) < 4.78 is 12.0. The van der Waals surface area contributed by atoms with Crippen LogP contribution in [0.1, 0.15) is 26.3 Å². The highest BCUT2D eigenvalue weighted by Gasteiger charge is 2.27. The van der Waals surface area contributed by atoms with Crippen molar-refractivity contribution in [2.24, 2.45) is 0 Å². The lowest BCUT2D eigenvalue weighted by atomic mass is 10.1. The van der Waals surface area contributed by atoms with Crippen molar-refractivity contribution in [2.45, 2.75) is 39.4 Å². The predicted molar refractivity (Wildman–Crippen MR) is 121 cm³/mol. The largest absolute Gasteiger partial charge is 0.497 e. The van der Waals surface area contributed by atoms with Crippen molar-refractivity contribution in [1.82, 2.24) is 10.2 Å². The highest BCUT2D eigenvalue weighted by atomic mass is 127. The average Bonchev–Trinajstić information content (AvgIpc) is 2.70. The van der Waals surface area contributed by atoms with Crippen LogP contribution >= 0.6 is 22.6 Å². The fraction of sp³-hybridized carbons (Fsp3) is 0.364. The molecule has 0 aliphatic rings. The normalized spacial score (nSPS) is 11.7. The molecule has 0 aromatic heterocycles. The Bertz CT molecular complexity index is 824. The second kappa shape index (κ2) is 11.0. The third kappa shape index (κ3) is 7.23. The molecule has 6 nitrogen and oxygen atoms in total. The number of benzene rings is 2. The summed E-state index contributed by atoms with van der Waals surface area (Å²) in [5.41, 5.74) is 0.871. The Labute approximate surface area is 185 Å². The third-order valence-electron chi connectivity index (χ3n) is 4.26. The van der Waals surface area contributed by atoms with E-state index in [-0.39, 0.29) is 31.0 Å². The number of nitrogens with zero attached hydrogens (tertiary/aromatic N) is 1. The monoisotopic (exact) mass is 510 g/mol. The van der Waals surface area contributed by atoms with Crippen molar-refractivity contribution in [2.75, 3.05) is 13.7 Å². The van der Waals surface area contributed by atoms with Gasteiger partial charge in [-0.25, -0.2) is 0 Å². The Morgan fingerprint density at radius 2 is 1.76 bits per heavy atom. The molecule has 0 aliphatic heterocycles. The SMILES string of the molecule is COc1cccc(CN(C(=O)COc2ccc(I)cc2)C(C)C(=O)NC(C)C)c1. The quantitative estimate of drug-likeness (QED) is 0.524. The summed E-state index contributed by atoms with van der Waals surface area (Å²) in [5.74, 6) is 0.840. The Morgan fingerprint density at radius 3 is 2.38 bits per heavy atom. The number of hydrogen-bond acceptors (Lipinski definition) is 4. The molecule has 2 rings (SSSR count). The molecule has 2 aromatic carbocycles. The van der Waals surface area contributed by atoms with E-state index in [1.54, 1.807) is 14.0 Å². The molecule has 1 unspecified atom stereocenters. The van der Waals surface area contributed by atoms with E-state index in [9.17, 15) is 9.59 Å². The first-order valence-corrected chi connectivity index (χ1v) is 10.5. The molecular formula is C22H27IN2O4. The molecule has 7 heteroatoms. The van der Waals surface area contributed by atoms with Crippen molar-refractivity contribution < 1.29 is 19.1 Å². The zero-order chi connectivity index (χ0) is 21.4. The molecule has 0 heterocycles. The van der Waals surface area contributed by atoms with Crippen LogP contribution < -0.4 is 14.8 Å².